The number of amides is 6. The van der Waals surface area contributed by atoms with Crippen molar-refractivity contribution in [3.63, 3.8) is 0 Å². The first-order valence-corrected chi connectivity index (χ1v) is 16.8. The number of carbonyl (C=O) groups excluding carboxylic acids is 3. The van der Waals surface area contributed by atoms with E-state index in [1.54, 1.807) is 72.8 Å². The quantitative estimate of drug-likeness (QED) is 0.0710. The molecule has 0 aliphatic carbocycles. The van der Waals surface area contributed by atoms with Gasteiger partial charge in [-0.1, -0.05) is 24.3 Å². The Bertz CT molecular complexity index is 2160. The van der Waals surface area contributed by atoms with Crippen LogP contribution in [0, 0.1) is 0 Å². The number of urea groups is 3. The van der Waals surface area contributed by atoms with E-state index >= 15 is 0 Å². The van der Waals surface area contributed by atoms with Crippen LogP contribution < -0.4 is 50.3 Å². The lowest BCUT2D eigenvalue weighted by Gasteiger charge is -2.16. The molecule has 5 aromatic rings. The van der Waals surface area contributed by atoms with E-state index < -0.39 is 28.2 Å². The third-order valence-electron chi connectivity index (χ3n) is 7.15. The van der Waals surface area contributed by atoms with E-state index in [0.29, 0.717) is 40.0 Å². The van der Waals surface area contributed by atoms with Crippen LogP contribution >= 0.6 is 0 Å². The van der Waals surface area contributed by atoms with Gasteiger partial charge in [-0.15, -0.1) is 0 Å². The van der Waals surface area contributed by atoms with E-state index in [0.717, 1.165) is 0 Å². The minimum atomic E-state index is -4.52. The lowest BCUT2D eigenvalue weighted by Crippen LogP contribution is -2.22. The average molecular weight is 727 g/mol. The number of hydrogen-bond acceptors (Lipinski definition) is 9. The number of carbonyl (C=O) groups is 3. The molecule has 6 N–H and O–H groups in total. The second kappa shape index (κ2) is 16.6. The molecule has 0 heterocycles. The number of rotatable bonds is 12. The number of ether oxygens (including phenoxy) is 3. The van der Waals surface area contributed by atoms with Gasteiger partial charge in [0.2, 0.25) is 0 Å². The Morgan fingerprint density at radius 1 is 0.462 bits per heavy atom. The van der Waals surface area contributed by atoms with E-state index in [-0.39, 0.29) is 22.0 Å². The van der Waals surface area contributed by atoms with Crippen molar-refractivity contribution >= 4 is 62.3 Å². The molecule has 0 saturated carbocycles. The van der Waals surface area contributed by atoms with Crippen molar-refractivity contribution in [1.29, 1.82) is 0 Å². The molecule has 5 rings (SSSR count). The standard InChI is InChI=1S/C36H34N6O9S/c1-48-26-17-12-23(13-18-26)37-34(43)38-24-14-19-27(20-15-24)52(46,47)51-33-22-25(39-35(44)40-28-8-4-6-10-31(28)49-2)16-21-30(33)42-36(45)41-29-9-5-7-11-32(29)50-3/h4-22H,1-3H3,(H2,37,38,43)(H2,39,40,44)(H2,41,42,45). The van der Waals surface area contributed by atoms with Crippen LogP contribution in [-0.2, 0) is 10.1 Å². The summed E-state index contributed by atoms with van der Waals surface area (Å²) in [6.07, 6.45) is 0. The molecule has 52 heavy (non-hydrogen) atoms. The summed E-state index contributed by atoms with van der Waals surface area (Å²) in [4.78, 5) is 38.1. The minimum absolute atomic E-state index is 0.0415. The number of anilines is 6. The first kappa shape index (κ1) is 36.3. The van der Waals surface area contributed by atoms with Gasteiger partial charge in [-0.25, -0.2) is 14.4 Å². The summed E-state index contributed by atoms with van der Waals surface area (Å²) in [7, 11) is -0.0789. The maximum atomic E-state index is 13.5. The first-order chi connectivity index (χ1) is 25.1. The molecule has 268 valence electrons. The molecule has 0 atom stereocenters. The second-order valence-electron chi connectivity index (χ2n) is 10.6. The number of nitrogens with one attached hydrogen (secondary N) is 6. The molecule has 0 aliphatic rings. The van der Waals surface area contributed by atoms with Crippen LogP contribution in [0.15, 0.2) is 120 Å². The Labute approximate surface area is 299 Å². The highest BCUT2D eigenvalue weighted by molar-refractivity contribution is 7.87. The molecule has 0 radical (unpaired) electrons. The third-order valence-corrected chi connectivity index (χ3v) is 8.39. The molecule has 6 amide bonds. The van der Waals surface area contributed by atoms with Gasteiger partial charge in [-0.3, -0.25) is 0 Å². The zero-order chi connectivity index (χ0) is 37.1. The van der Waals surface area contributed by atoms with Gasteiger partial charge in [0, 0.05) is 23.1 Å². The average Bonchev–Trinajstić information content (AvgIpc) is 3.13. The van der Waals surface area contributed by atoms with Crippen LogP contribution in [0.1, 0.15) is 0 Å². The molecule has 15 nitrogen and oxygen atoms in total. The van der Waals surface area contributed by atoms with Crippen LogP contribution in [-0.4, -0.2) is 47.8 Å². The summed E-state index contributed by atoms with van der Waals surface area (Å²) in [5, 5.41) is 15.8. The summed E-state index contributed by atoms with van der Waals surface area (Å²) in [5.74, 6) is 1.13. The van der Waals surface area contributed by atoms with Gasteiger partial charge in [-0.05, 0) is 84.9 Å². The monoisotopic (exact) mass is 726 g/mol. The maximum absolute atomic E-state index is 13.5. The number of methoxy groups -OCH3 is 3. The van der Waals surface area contributed by atoms with Gasteiger partial charge < -0.3 is 50.3 Å². The fourth-order valence-electron chi connectivity index (χ4n) is 4.67. The Morgan fingerprint density at radius 2 is 0.885 bits per heavy atom. The minimum Gasteiger partial charge on any atom is -0.497 e. The van der Waals surface area contributed by atoms with Gasteiger partial charge in [0.25, 0.3) is 0 Å². The fourth-order valence-corrected chi connectivity index (χ4v) is 5.61. The lowest BCUT2D eigenvalue weighted by atomic mass is 10.2. The van der Waals surface area contributed by atoms with Crippen LogP contribution in [0.4, 0.5) is 48.5 Å². The SMILES string of the molecule is COc1ccc(NC(=O)Nc2ccc(S(=O)(=O)Oc3cc(NC(=O)Nc4ccccc4OC)ccc3NC(=O)Nc3ccccc3OC)cc2)cc1. The van der Waals surface area contributed by atoms with Crippen LogP contribution in [0.25, 0.3) is 0 Å². The molecule has 16 heteroatoms. The zero-order valence-electron chi connectivity index (χ0n) is 28.1. The molecular weight excluding hydrogens is 692 g/mol. The molecule has 5 aromatic carbocycles. The van der Waals surface area contributed by atoms with Gasteiger partial charge in [0.15, 0.2) is 5.75 Å². The lowest BCUT2D eigenvalue weighted by molar-refractivity contribution is 0.261. The highest BCUT2D eigenvalue weighted by Gasteiger charge is 2.21. The predicted molar refractivity (Wildman–Crippen MR) is 198 cm³/mol. The second-order valence-corrected chi connectivity index (χ2v) is 12.2. The van der Waals surface area contributed by atoms with Gasteiger partial charge in [0.05, 0.1) is 38.4 Å². The molecule has 0 bridgehead atoms. The number of hydrogen-bond donors (Lipinski definition) is 6. The highest BCUT2D eigenvalue weighted by Crippen LogP contribution is 2.33. The Morgan fingerprint density at radius 3 is 1.40 bits per heavy atom. The van der Waals surface area contributed by atoms with E-state index in [9.17, 15) is 22.8 Å². The van der Waals surface area contributed by atoms with Crippen molar-refractivity contribution in [3.05, 3.63) is 115 Å². The molecule has 0 unspecified atom stereocenters. The summed E-state index contributed by atoms with van der Waals surface area (Å²) in [5.41, 5.74) is 1.66. The topological polar surface area (TPSA) is 194 Å². The Balaban J connectivity index is 1.34. The molecule has 0 fully saturated rings. The fraction of sp³-hybridized carbons (Fsp3) is 0.0833. The van der Waals surface area contributed by atoms with Crippen molar-refractivity contribution in [2.45, 2.75) is 4.90 Å². The Hall–Kier alpha value is -6.94. The van der Waals surface area contributed by atoms with Crippen molar-refractivity contribution in [2.75, 3.05) is 53.2 Å². The molecule has 0 aliphatic heterocycles. The van der Waals surface area contributed by atoms with Crippen molar-refractivity contribution < 1.29 is 41.2 Å². The third kappa shape index (κ3) is 9.60. The largest absolute Gasteiger partial charge is 0.497 e. The highest BCUT2D eigenvalue weighted by atomic mass is 32.2. The van der Waals surface area contributed by atoms with Crippen molar-refractivity contribution in [2.24, 2.45) is 0 Å². The molecule has 0 saturated heterocycles. The van der Waals surface area contributed by atoms with Crippen LogP contribution in [0.5, 0.6) is 23.0 Å². The summed E-state index contributed by atoms with van der Waals surface area (Å²) >= 11 is 0. The van der Waals surface area contributed by atoms with Crippen molar-refractivity contribution in [1.82, 2.24) is 0 Å². The van der Waals surface area contributed by atoms with E-state index in [4.69, 9.17) is 18.4 Å². The summed E-state index contributed by atoms with van der Waals surface area (Å²) in [6.45, 7) is 0. The normalized spacial score (nSPS) is 10.6. The predicted octanol–water partition coefficient (Wildman–Crippen LogP) is 7.41. The molecular formula is C36H34N6O9S. The Kier molecular flexibility index (Phi) is 11.6. The van der Waals surface area contributed by atoms with E-state index in [2.05, 4.69) is 31.9 Å². The van der Waals surface area contributed by atoms with Crippen LogP contribution in [0.3, 0.4) is 0 Å². The number of benzene rings is 5. The summed E-state index contributed by atoms with van der Waals surface area (Å²) < 4.78 is 48.2. The van der Waals surface area contributed by atoms with Gasteiger partial charge in [-0.2, -0.15) is 8.42 Å². The first-order valence-electron chi connectivity index (χ1n) is 15.4. The summed E-state index contributed by atoms with van der Waals surface area (Å²) in [6, 6.07) is 27.5. The number of para-hydroxylation sites is 4. The van der Waals surface area contributed by atoms with Crippen molar-refractivity contribution in [3.8, 4) is 23.0 Å². The molecule has 0 spiro atoms. The van der Waals surface area contributed by atoms with Gasteiger partial charge >= 0.3 is 28.2 Å². The smallest absolute Gasteiger partial charge is 0.339 e. The van der Waals surface area contributed by atoms with E-state index in [1.807, 2.05) is 0 Å². The van der Waals surface area contributed by atoms with Crippen LogP contribution in [0.2, 0.25) is 0 Å². The van der Waals surface area contributed by atoms with E-state index in [1.165, 1.54) is 63.8 Å². The zero-order valence-corrected chi connectivity index (χ0v) is 28.9. The molecule has 0 aromatic heterocycles. The van der Waals surface area contributed by atoms with Gasteiger partial charge in [0.1, 0.15) is 22.1 Å². The maximum Gasteiger partial charge on any atom is 0.339 e.